The van der Waals surface area contributed by atoms with Gasteiger partial charge in [-0.3, -0.25) is 4.79 Å². The van der Waals surface area contributed by atoms with E-state index in [2.05, 4.69) is 5.32 Å². The van der Waals surface area contributed by atoms with E-state index in [1.54, 1.807) is 36.4 Å². The van der Waals surface area contributed by atoms with Gasteiger partial charge in [-0.25, -0.2) is 4.79 Å². The van der Waals surface area contributed by atoms with Crippen molar-refractivity contribution >= 4 is 23.6 Å². The third-order valence-electron chi connectivity index (χ3n) is 2.99. The zero-order valence-corrected chi connectivity index (χ0v) is 13.2. The molecule has 0 radical (unpaired) electrons. The van der Waals surface area contributed by atoms with E-state index in [-0.39, 0.29) is 11.9 Å². The van der Waals surface area contributed by atoms with Crippen molar-refractivity contribution in [1.82, 2.24) is 0 Å². The normalized spacial score (nSPS) is 10.7. The fraction of sp³-hybridized carbons (Fsp3) is 0.222. The summed E-state index contributed by atoms with van der Waals surface area (Å²) in [4.78, 5) is 23.5. The molecule has 0 bridgehead atoms. The molecule has 1 heterocycles. The number of rotatable bonds is 6. The number of carbonyl (C=O) groups excluding carboxylic acids is 2. The molecule has 0 saturated heterocycles. The monoisotopic (exact) mass is 313 g/mol. The summed E-state index contributed by atoms with van der Waals surface area (Å²) in [5.74, 6) is 0.764. The van der Waals surface area contributed by atoms with Crippen LogP contribution < -0.4 is 5.32 Å². The van der Waals surface area contributed by atoms with E-state index in [0.29, 0.717) is 23.6 Å². The van der Waals surface area contributed by atoms with Crippen LogP contribution in [-0.4, -0.2) is 18.5 Å². The molecule has 1 aromatic heterocycles. The standard InChI is InChI=1S/C18H19NO4/c1-3-12-22-18(21)14-5-7-15(8-6-14)19-17(20)11-10-16-9-4-13(2)23-16/h4-11H,3,12H2,1-2H3,(H,19,20)/b11-10+. The summed E-state index contributed by atoms with van der Waals surface area (Å²) in [6.07, 6.45) is 3.77. The molecule has 0 saturated carbocycles. The summed E-state index contributed by atoms with van der Waals surface area (Å²) >= 11 is 0. The molecule has 1 N–H and O–H groups in total. The molecule has 5 nitrogen and oxygen atoms in total. The molecule has 23 heavy (non-hydrogen) atoms. The van der Waals surface area contributed by atoms with Crippen LogP contribution in [0.2, 0.25) is 0 Å². The van der Waals surface area contributed by atoms with Crippen LogP contribution in [0.5, 0.6) is 0 Å². The number of nitrogens with one attached hydrogen (secondary N) is 1. The maximum absolute atomic E-state index is 11.8. The van der Waals surface area contributed by atoms with E-state index in [4.69, 9.17) is 9.15 Å². The van der Waals surface area contributed by atoms with Crippen molar-refractivity contribution in [2.75, 3.05) is 11.9 Å². The predicted octanol–water partition coefficient (Wildman–Crippen LogP) is 3.81. The number of hydrogen-bond acceptors (Lipinski definition) is 4. The van der Waals surface area contributed by atoms with Crippen LogP contribution in [0.4, 0.5) is 5.69 Å². The third kappa shape index (κ3) is 5.14. The Morgan fingerprint density at radius 1 is 1.17 bits per heavy atom. The van der Waals surface area contributed by atoms with E-state index in [9.17, 15) is 9.59 Å². The first-order chi connectivity index (χ1) is 11.1. The molecule has 5 heteroatoms. The molecule has 120 valence electrons. The van der Waals surface area contributed by atoms with Gasteiger partial charge in [-0.1, -0.05) is 6.92 Å². The molecular weight excluding hydrogens is 294 g/mol. The quantitative estimate of drug-likeness (QED) is 0.650. The number of esters is 1. The molecule has 0 aliphatic carbocycles. The van der Waals surface area contributed by atoms with Gasteiger partial charge in [0, 0.05) is 11.8 Å². The first kappa shape index (κ1) is 16.5. The second-order valence-corrected chi connectivity index (χ2v) is 4.98. The Labute approximate surface area is 134 Å². The van der Waals surface area contributed by atoms with Gasteiger partial charge in [0.05, 0.1) is 12.2 Å². The summed E-state index contributed by atoms with van der Waals surface area (Å²) < 4.78 is 10.4. The van der Waals surface area contributed by atoms with Crippen LogP contribution in [0.25, 0.3) is 6.08 Å². The second kappa shape index (κ2) is 7.98. The zero-order valence-electron chi connectivity index (χ0n) is 13.2. The maximum Gasteiger partial charge on any atom is 0.338 e. The zero-order chi connectivity index (χ0) is 16.7. The topological polar surface area (TPSA) is 68.5 Å². The van der Waals surface area contributed by atoms with Gasteiger partial charge in [-0.05, 0) is 55.8 Å². The Kier molecular flexibility index (Phi) is 5.74. The number of benzene rings is 1. The van der Waals surface area contributed by atoms with Gasteiger partial charge >= 0.3 is 5.97 Å². The van der Waals surface area contributed by atoms with Crippen molar-refractivity contribution < 1.29 is 18.7 Å². The van der Waals surface area contributed by atoms with E-state index in [0.717, 1.165) is 12.2 Å². The third-order valence-corrected chi connectivity index (χ3v) is 2.99. The largest absolute Gasteiger partial charge is 0.462 e. The Balaban J connectivity index is 1.91. The Hall–Kier alpha value is -2.82. The minimum absolute atomic E-state index is 0.277. The summed E-state index contributed by atoms with van der Waals surface area (Å²) in [7, 11) is 0. The predicted molar refractivity (Wildman–Crippen MR) is 88.1 cm³/mol. The molecule has 2 rings (SSSR count). The van der Waals surface area contributed by atoms with E-state index >= 15 is 0 Å². The van der Waals surface area contributed by atoms with Crippen molar-refractivity contribution in [2.45, 2.75) is 20.3 Å². The molecule has 0 unspecified atom stereocenters. The summed E-state index contributed by atoms with van der Waals surface area (Å²) in [5.41, 5.74) is 1.06. The van der Waals surface area contributed by atoms with Crippen molar-refractivity contribution in [3.05, 3.63) is 59.6 Å². The highest BCUT2D eigenvalue weighted by atomic mass is 16.5. The Morgan fingerprint density at radius 2 is 1.91 bits per heavy atom. The van der Waals surface area contributed by atoms with Crippen molar-refractivity contribution in [1.29, 1.82) is 0 Å². The lowest BCUT2D eigenvalue weighted by atomic mass is 10.2. The molecule has 0 aliphatic heterocycles. The van der Waals surface area contributed by atoms with E-state index in [1.807, 2.05) is 19.9 Å². The molecule has 0 atom stereocenters. The average molecular weight is 313 g/mol. The van der Waals surface area contributed by atoms with Crippen LogP contribution in [0.1, 0.15) is 35.2 Å². The van der Waals surface area contributed by atoms with E-state index < -0.39 is 0 Å². The lowest BCUT2D eigenvalue weighted by Gasteiger charge is -2.05. The van der Waals surface area contributed by atoms with Crippen LogP contribution in [0.3, 0.4) is 0 Å². The van der Waals surface area contributed by atoms with E-state index in [1.165, 1.54) is 6.08 Å². The van der Waals surface area contributed by atoms with Crippen molar-refractivity contribution in [2.24, 2.45) is 0 Å². The van der Waals surface area contributed by atoms with Crippen LogP contribution in [0, 0.1) is 6.92 Å². The van der Waals surface area contributed by atoms with Crippen molar-refractivity contribution in [3.8, 4) is 0 Å². The van der Waals surface area contributed by atoms with Crippen LogP contribution in [-0.2, 0) is 9.53 Å². The average Bonchev–Trinajstić information content (AvgIpc) is 2.97. The summed E-state index contributed by atoms with van der Waals surface area (Å²) in [6.45, 7) is 4.17. The lowest BCUT2D eigenvalue weighted by molar-refractivity contribution is -0.111. The first-order valence-electron chi connectivity index (χ1n) is 7.41. The SMILES string of the molecule is CCCOC(=O)c1ccc(NC(=O)/C=C/c2ccc(C)o2)cc1. The van der Waals surface area contributed by atoms with Gasteiger partial charge in [-0.15, -0.1) is 0 Å². The van der Waals surface area contributed by atoms with Gasteiger partial charge in [0.15, 0.2) is 0 Å². The van der Waals surface area contributed by atoms with Gasteiger partial charge in [-0.2, -0.15) is 0 Å². The minimum Gasteiger partial charge on any atom is -0.462 e. The number of ether oxygens (including phenoxy) is 1. The molecule has 2 aromatic rings. The highest BCUT2D eigenvalue weighted by Gasteiger charge is 2.06. The number of aryl methyl sites for hydroxylation is 1. The molecule has 0 spiro atoms. The number of anilines is 1. The first-order valence-corrected chi connectivity index (χ1v) is 7.41. The second-order valence-electron chi connectivity index (χ2n) is 4.98. The summed E-state index contributed by atoms with van der Waals surface area (Å²) in [6, 6.07) is 10.2. The molecule has 0 fully saturated rings. The molecule has 1 amide bonds. The molecule has 1 aromatic carbocycles. The van der Waals surface area contributed by atoms with Gasteiger partial charge in [0.25, 0.3) is 0 Å². The smallest absolute Gasteiger partial charge is 0.338 e. The fourth-order valence-corrected chi connectivity index (χ4v) is 1.85. The molecule has 0 aliphatic rings. The number of hydrogen-bond donors (Lipinski definition) is 1. The van der Waals surface area contributed by atoms with Crippen molar-refractivity contribution in [3.63, 3.8) is 0 Å². The number of furan rings is 1. The highest BCUT2D eigenvalue weighted by Crippen LogP contribution is 2.12. The number of amides is 1. The maximum atomic E-state index is 11.8. The Morgan fingerprint density at radius 3 is 2.52 bits per heavy atom. The van der Waals surface area contributed by atoms with Gasteiger partial charge in [0.2, 0.25) is 5.91 Å². The van der Waals surface area contributed by atoms with Gasteiger partial charge < -0.3 is 14.5 Å². The lowest BCUT2D eigenvalue weighted by Crippen LogP contribution is -2.09. The summed E-state index contributed by atoms with van der Waals surface area (Å²) in [5, 5.41) is 2.71. The number of carbonyl (C=O) groups is 2. The minimum atomic E-state index is -0.363. The fourth-order valence-electron chi connectivity index (χ4n) is 1.85. The van der Waals surface area contributed by atoms with Gasteiger partial charge in [0.1, 0.15) is 11.5 Å². The van der Waals surface area contributed by atoms with Crippen LogP contribution in [0.15, 0.2) is 46.9 Å². The van der Waals surface area contributed by atoms with Crippen LogP contribution >= 0.6 is 0 Å². The highest BCUT2D eigenvalue weighted by molar-refractivity contribution is 6.02. The Bertz CT molecular complexity index is 698. The molecular formula is C18H19NO4.